The summed E-state index contributed by atoms with van der Waals surface area (Å²) in [5.74, 6) is 0.425. The fourth-order valence-corrected chi connectivity index (χ4v) is 4.61. The molecule has 0 aliphatic rings. The van der Waals surface area contributed by atoms with Gasteiger partial charge >= 0.3 is 11.9 Å². The maximum atomic E-state index is 12.2. The number of esters is 2. The number of allylic oxidation sites excluding steroid dienone is 6. The predicted molar refractivity (Wildman–Crippen MR) is 166 cm³/mol. The van der Waals surface area contributed by atoms with E-state index in [1.807, 2.05) is 27.7 Å². The van der Waals surface area contributed by atoms with E-state index in [-0.39, 0.29) is 24.8 Å². The van der Waals surface area contributed by atoms with Crippen molar-refractivity contribution in [3.05, 3.63) is 57.2 Å². The molecule has 224 valence electrons. The molecule has 0 saturated heterocycles. The minimum absolute atomic E-state index is 0.262. The second-order valence-electron chi connectivity index (χ2n) is 11.7. The standard InChI is InChI=1S/C35H54O5/c1-11-31(36)39-33-27(7)28(8)34(40-32(37)12-2)30(29(33)9)21-23-35(10,38)22-15-20-26(6)19-14-18-25(5)17-13-16-24(3)4/h16,18,20,38H,11-15,17,19,21-23H2,1-10H3/b25-18+,26-20+. The molecule has 1 N–H and O–H groups in total. The average Bonchev–Trinajstić information content (AvgIpc) is 2.88. The van der Waals surface area contributed by atoms with Crippen molar-refractivity contribution in [1.29, 1.82) is 0 Å². The van der Waals surface area contributed by atoms with E-state index in [1.165, 1.54) is 16.7 Å². The molecule has 0 spiro atoms. The van der Waals surface area contributed by atoms with Gasteiger partial charge in [0.25, 0.3) is 0 Å². The zero-order valence-electron chi connectivity index (χ0n) is 26.9. The molecule has 0 radical (unpaired) electrons. The molecule has 0 heterocycles. The summed E-state index contributed by atoms with van der Waals surface area (Å²) in [6.07, 6.45) is 14.1. The third-order valence-electron chi connectivity index (χ3n) is 7.53. The van der Waals surface area contributed by atoms with E-state index in [2.05, 4.69) is 45.9 Å². The first-order chi connectivity index (χ1) is 18.7. The van der Waals surface area contributed by atoms with Crippen LogP contribution in [0.2, 0.25) is 0 Å². The highest BCUT2D eigenvalue weighted by molar-refractivity contribution is 5.76. The summed E-state index contributed by atoms with van der Waals surface area (Å²) in [6, 6.07) is 0. The van der Waals surface area contributed by atoms with Gasteiger partial charge in [-0.05, 0) is 123 Å². The molecule has 0 bridgehead atoms. The third kappa shape index (κ3) is 12.2. The first kappa shape index (κ1) is 35.4. The smallest absolute Gasteiger partial charge is 0.310 e. The van der Waals surface area contributed by atoms with Crippen molar-refractivity contribution in [3.8, 4) is 11.5 Å². The van der Waals surface area contributed by atoms with E-state index in [4.69, 9.17) is 9.47 Å². The number of benzene rings is 1. The Bertz CT molecular complexity index is 1100. The van der Waals surface area contributed by atoms with Gasteiger partial charge in [-0.15, -0.1) is 0 Å². The van der Waals surface area contributed by atoms with Crippen LogP contribution in [0.5, 0.6) is 11.5 Å². The first-order valence-electron chi connectivity index (χ1n) is 14.9. The van der Waals surface area contributed by atoms with Gasteiger partial charge in [-0.25, -0.2) is 0 Å². The van der Waals surface area contributed by atoms with Crippen LogP contribution in [-0.2, 0) is 16.0 Å². The normalized spacial score (nSPS) is 13.6. The monoisotopic (exact) mass is 554 g/mol. The van der Waals surface area contributed by atoms with Crippen molar-refractivity contribution in [1.82, 2.24) is 0 Å². The van der Waals surface area contributed by atoms with Crippen LogP contribution in [0.1, 0.15) is 129 Å². The van der Waals surface area contributed by atoms with Crippen LogP contribution >= 0.6 is 0 Å². The highest BCUT2D eigenvalue weighted by Gasteiger charge is 2.26. The number of ether oxygens (including phenoxy) is 2. The molecular weight excluding hydrogens is 500 g/mol. The van der Waals surface area contributed by atoms with E-state index in [1.54, 1.807) is 13.8 Å². The molecule has 1 aromatic carbocycles. The third-order valence-corrected chi connectivity index (χ3v) is 7.53. The summed E-state index contributed by atoms with van der Waals surface area (Å²) < 4.78 is 11.4. The second kappa shape index (κ2) is 17.2. The Hall–Kier alpha value is -2.66. The summed E-state index contributed by atoms with van der Waals surface area (Å²) >= 11 is 0. The van der Waals surface area contributed by atoms with Gasteiger partial charge in [0.05, 0.1) is 5.60 Å². The lowest BCUT2D eigenvalue weighted by Crippen LogP contribution is -2.25. The highest BCUT2D eigenvalue weighted by atomic mass is 16.5. The van der Waals surface area contributed by atoms with E-state index >= 15 is 0 Å². The quantitative estimate of drug-likeness (QED) is 0.125. The maximum absolute atomic E-state index is 12.2. The molecule has 0 fully saturated rings. The number of carbonyl (C=O) groups is 2. The van der Waals surface area contributed by atoms with Gasteiger partial charge in [0.15, 0.2) is 0 Å². The maximum Gasteiger partial charge on any atom is 0.310 e. The fraction of sp³-hybridized carbons (Fsp3) is 0.600. The predicted octanol–water partition coefficient (Wildman–Crippen LogP) is 9.13. The van der Waals surface area contributed by atoms with Crippen molar-refractivity contribution in [2.45, 2.75) is 139 Å². The molecule has 0 aliphatic heterocycles. The average molecular weight is 555 g/mol. The molecule has 5 heteroatoms. The number of rotatable bonds is 16. The molecule has 40 heavy (non-hydrogen) atoms. The summed E-state index contributed by atoms with van der Waals surface area (Å²) in [5, 5.41) is 11.2. The lowest BCUT2D eigenvalue weighted by atomic mass is 9.88. The van der Waals surface area contributed by atoms with Crippen LogP contribution in [0, 0.1) is 20.8 Å². The van der Waals surface area contributed by atoms with Gasteiger partial charge in [-0.3, -0.25) is 9.59 Å². The van der Waals surface area contributed by atoms with Crippen molar-refractivity contribution in [2.24, 2.45) is 0 Å². The molecule has 1 rings (SSSR count). The summed E-state index contributed by atoms with van der Waals surface area (Å²) in [5.41, 5.74) is 6.40. The number of hydrogen-bond donors (Lipinski definition) is 1. The molecule has 5 nitrogen and oxygen atoms in total. The number of carbonyl (C=O) groups excluding carboxylic acids is 2. The van der Waals surface area contributed by atoms with Gasteiger partial charge in [-0.1, -0.05) is 48.8 Å². The van der Waals surface area contributed by atoms with Crippen molar-refractivity contribution < 1.29 is 24.2 Å². The van der Waals surface area contributed by atoms with Crippen LogP contribution in [-0.4, -0.2) is 22.6 Å². The molecule has 1 aromatic rings. The van der Waals surface area contributed by atoms with E-state index in [0.717, 1.165) is 54.4 Å². The Balaban J connectivity index is 2.91. The largest absolute Gasteiger partial charge is 0.426 e. The minimum Gasteiger partial charge on any atom is -0.426 e. The molecule has 1 atom stereocenters. The van der Waals surface area contributed by atoms with Crippen LogP contribution in [0.3, 0.4) is 0 Å². The minimum atomic E-state index is -0.893. The molecule has 1 unspecified atom stereocenters. The van der Waals surface area contributed by atoms with Gasteiger partial charge in [0, 0.05) is 18.4 Å². The van der Waals surface area contributed by atoms with Gasteiger partial charge in [0.1, 0.15) is 11.5 Å². The Labute approximate surface area is 243 Å². The van der Waals surface area contributed by atoms with Crippen LogP contribution in [0.15, 0.2) is 34.9 Å². The lowest BCUT2D eigenvalue weighted by molar-refractivity contribution is -0.135. The van der Waals surface area contributed by atoms with E-state index in [9.17, 15) is 14.7 Å². The van der Waals surface area contributed by atoms with Crippen molar-refractivity contribution in [3.63, 3.8) is 0 Å². The molecular formula is C35H54O5. The zero-order chi connectivity index (χ0) is 30.5. The summed E-state index contributed by atoms with van der Waals surface area (Å²) in [4.78, 5) is 24.3. The molecule has 0 aromatic heterocycles. The Morgan fingerprint density at radius 3 is 1.73 bits per heavy atom. The van der Waals surface area contributed by atoms with Crippen molar-refractivity contribution in [2.75, 3.05) is 0 Å². The van der Waals surface area contributed by atoms with Gasteiger partial charge in [0.2, 0.25) is 0 Å². The van der Waals surface area contributed by atoms with Crippen LogP contribution < -0.4 is 9.47 Å². The second-order valence-corrected chi connectivity index (χ2v) is 11.7. The zero-order valence-corrected chi connectivity index (χ0v) is 26.9. The Morgan fingerprint density at radius 1 is 0.725 bits per heavy atom. The Kier molecular flexibility index (Phi) is 15.2. The van der Waals surface area contributed by atoms with Crippen molar-refractivity contribution >= 4 is 11.9 Å². The molecule has 0 aliphatic carbocycles. The van der Waals surface area contributed by atoms with E-state index < -0.39 is 5.60 Å². The summed E-state index contributed by atoms with van der Waals surface area (Å²) in [6.45, 7) is 19.7. The number of hydrogen-bond acceptors (Lipinski definition) is 5. The Morgan fingerprint density at radius 2 is 1.20 bits per heavy atom. The van der Waals surface area contributed by atoms with Crippen LogP contribution in [0.4, 0.5) is 0 Å². The first-order valence-corrected chi connectivity index (χ1v) is 14.9. The molecule has 0 saturated carbocycles. The van der Waals surface area contributed by atoms with Crippen LogP contribution in [0.25, 0.3) is 0 Å². The van der Waals surface area contributed by atoms with Gasteiger partial charge in [-0.2, -0.15) is 0 Å². The molecule has 0 amide bonds. The SMILES string of the molecule is CCC(=O)Oc1c(C)c(C)c(OC(=O)CC)c(CCC(C)(O)CC/C=C(\C)CC/C=C(\C)CCC=C(C)C)c1C. The number of aliphatic hydroxyl groups is 1. The summed E-state index contributed by atoms with van der Waals surface area (Å²) in [7, 11) is 0. The topological polar surface area (TPSA) is 72.8 Å². The highest BCUT2D eigenvalue weighted by Crippen LogP contribution is 2.40. The lowest BCUT2D eigenvalue weighted by Gasteiger charge is -2.26. The van der Waals surface area contributed by atoms with E-state index in [0.29, 0.717) is 30.8 Å². The fourth-order valence-electron chi connectivity index (χ4n) is 4.61. The van der Waals surface area contributed by atoms with Gasteiger partial charge < -0.3 is 14.6 Å².